The van der Waals surface area contributed by atoms with Crippen LogP contribution in [-0.4, -0.2) is 26.9 Å². The molecule has 2 N–H and O–H groups in total. The third-order valence-electron chi connectivity index (χ3n) is 2.35. The standard InChI is InChI=1S/C11H14FNO3/c1-15-9-5-3-4-8(6-9)11(13,7-12)10(14)16-2/h3-6H,7,13H2,1-2H3. The van der Waals surface area contributed by atoms with E-state index in [-0.39, 0.29) is 0 Å². The van der Waals surface area contributed by atoms with Crippen LogP contribution in [0.15, 0.2) is 24.3 Å². The molecule has 0 aliphatic rings. The molecular formula is C11H14FNO3. The van der Waals surface area contributed by atoms with Crippen molar-refractivity contribution < 1.29 is 18.7 Å². The molecule has 1 aromatic rings. The van der Waals surface area contributed by atoms with Crippen LogP contribution in [0.25, 0.3) is 0 Å². The van der Waals surface area contributed by atoms with Gasteiger partial charge in [0.1, 0.15) is 12.4 Å². The molecule has 0 saturated carbocycles. The average Bonchev–Trinajstić information content (AvgIpc) is 2.36. The molecule has 1 unspecified atom stereocenters. The number of carbonyl (C=O) groups excluding carboxylic acids is 1. The minimum atomic E-state index is -1.77. The summed E-state index contributed by atoms with van der Waals surface area (Å²) in [5, 5.41) is 0. The second-order valence-electron chi connectivity index (χ2n) is 3.33. The summed E-state index contributed by atoms with van der Waals surface area (Å²) in [6.07, 6.45) is 0. The van der Waals surface area contributed by atoms with Gasteiger partial charge in [0, 0.05) is 0 Å². The summed E-state index contributed by atoms with van der Waals surface area (Å²) in [7, 11) is 2.64. The number of hydrogen-bond donors (Lipinski definition) is 1. The molecule has 0 aliphatic carbocycles. The van der Waals surface area contributed by atoms with Crippen LogP contribution >= 0.6 is 0 Å². The van der Waals surface area contributed by atoms with Crippen molar-refractivity contribution in [3.05, 3.63) is 29.8 Å². The first-order chi connectivity index (χ1) is 7.58. The zero-order chi connectivity index (χ0) is 12.2. The first-order valence-corrected chi connectivity index (χ1v) is 4.66. The molecule has 0 spiro atoms. The molecule has 4 nitrogen and oxygen atoms in total. The Hall–Kier alpha value is -1.62. The lowest BCUT2D eigenvalue weighted by molar-refractivity contribution is -0.148. The quantitative estimate of drug-likeness (QED) is 0.779. The van der Waals surface area contributed by atoms with E-state index in [0.29, 0.717) is 11.3 Å². The van der Waals surface area contributed by atoms with Gasteiger partial charge in [-0.05, 0) is 17.7 Å². The normalized spacial score (nSPS) is 14.0. The fourth-order valence-corrected chi connectivity index (χ4v) is 1.33. The number of ether oxygens (including phenoxy) is 2. The van der Waals surface area contributed by atoms with Gasteiger partial charge < -0.3 is 15.2 Å². The molecule has 0 aromatic heterocycles. The summed E-state index contributed by atoms with van der Waals surface area (Å²) in [5.41, 5.74) is 4.24. The molecule has 0 fully saturated rings. The van der Waals surface area contributed by atoms with Crippen molar-refractivity contribution in [1.29, 1.82) is 0 Å². The minimum Gasteiger partial charge on any atom is -0.497 e. The predicted molar refractivity (Wildman–Crippen MR) is 56.9 cm³/mol. The first-order valence-electron chi connectivity index (χ1n) is 4.66. The van der Waals surface area contributed by atoms with Gasteiger partial charge in [0.15, 0.2) is 5.54 Å². The second-order valence-corrected chi connectivity index (χ2v) is 3.33. The van der Waals surface area contributed by atoms with Crippen LogP contribution in [-0.2, 0) is 15.1 Å². The summed E-state index contributed by atoms with van der Waals surface area (Å²) in [5.74, 6) is -0.312. The highest BCUT2D eigenvalue weighted by Gasteiger charge is 2.37. The molecule has 1 atom stereocenters. The average molecular weight is 227 g/mol. The fraction of sp³-hybridized carbons (Fsp3) is 0.364. The lowest BCUT2D eigenvalue weighted by Crippen LogP contribution is -2.47. The number of methoxy groups -OCH3 is 2. The summed E-state index contributed by atoms with van der Waals surface area (Å²) in [6, 6.07) is 6.38. The Kier molecular flexibility index (Phi) is 3.84. The summed E-state index contributed by atoms with van der Waals surface area (Å²) in [4.78, 5) is 11.4. The lowest BCUT2D eigenvalue weighted by atomic mass is 9.92. The van der Waals surface area contributed by atoms with Crippen molar-refractivity contribution in [2.24, 2.45) is 5.73 Å². The number of alkyl halides is 1. The summed E-state index contributed by atoms with van der Waals surface area (Å²) in [6.45, 7) is -1.03. The Bertz CT molecular complexity index is 383. The molecule has 1 rings (SSSR count). The monoisotopic (exact) mass is 227 g/mol. The van der Waals surface area contributed by atoms with E-state index in [2.05, 4.69) is 4.74 Å². The van der Waals surface area contributed by atoms with Crippen molar-refractivity contribution in [2.75, 3.05) is 20.9 Å². The molecule has 16 heavy (non-hydrogen) atoms. The highest BCUT2D eigenvalue weighted by Crippen LogP contribution is 2.24. The molecule has 0 heterocycles. The Morgan fingerprint density at radius 1 is 1.50 bits per heavy atom. The molecule has 5 heteroatoms. The summed E-state index contributed by atoms with van der Waals surface area (Å²) < 4.78 is 22.4. The topological polar surface area (TPSA) is 61.5 Å². The zero-order valence-corrected chi connectivity index (χ0v) is 9.20. The van der Waals surface area contributed by atoms with Crippen LogP contribution in [0.4, 0.5) is 4.39 Å². The number of carbonyl (C=O) groups is 1. The van der Waals surface area contributed by atoms with Crippen LogP contribution in [0.2, 0.25) is 0 Å². The number of halogens is 1. The molecule has 0 amide bonds. The zero-order valence-electron chi connectivity index (χ0n) is 9.20. The van der Waals surface area contributed by atoms with Gasteiger partial charge in [-0.3, -0.25) is 0 Å². The van der Waals surface area contributed by atoms with Crippen molar-refractivity contribution in [2.45, 2.75) is 5.54 Å². The van der Waals surface area contributed by atoms with Crippen molar-refractivity contribution in [1.82, 2.24) is 0 Å². The van der Waals surface area contributed by atoms with Gasteiger partial charge in [0.25, 0.3) is 0 Å². The van der Waals surface area contributed by atoms with E-state index in [9.17, 15) is 9.18 Å². The second kappa shape index (κ2) is 4.94. The highest BCUT2D eigenvalue weighted by molar-refractivity contribution is 5.82. The fourth-order valence-electron chi connectivity index (χ4n) is 1.33. The van der Waals surface area contributed by atoms with Gasteiger partial charge in [-0.2, -0.15) is 0 Å². The van der Waals surface area contributed by atoms with Gasteiger partial charge in [0.2, 0.25) is 0 Å². The van der Waals surface area contributed by atoms with Crippen LogP contribution in [0.1, 0.15) is 5.56 Å². The van der Waals surface area contributed by atoms with Crippen molar-refractivity contribution in [3.63, 3.8) is 0 Å². The molecule has 88 valence electrons. The van der Waals surface area contributed by atoms with Crippen LogP contribution in [0.5, 0.6) is 5.75 Å². The lowest BCUT2D eigenvalue weighted by Gasteiger charge is -2.23. The van der Waals surface area contributed by atoms with E-state index in [1.165, 1.54) is 20.3 Å². The maximum atomic E-state index is 12.9. The Morgan fingerprint density at radius 3 is 2.69 bits per heavy atom. The highest BCUT2D eigenvalue weighted by atomic mass is 19.1. The van der Waals surface area contributed by atoms with Gasteiger partial charge in [-0.1, -0.05) is 12.1 Å². The number of rotatable bonds is 4. The Morgan fingerprint density at radius 2 is 2.19 bits per heavy atom. The van der Waals surface area contributed by atoms with E-state index >= 15 is 0 Å². The van der Waals surface area contributed by atoms with E-state index in [4.69, 9.17) is 10.5 Å². The minimum absolute atomic E-state index is 0.321. The van der Waals surface area contributed by atoms with Crippen molar-refractivity contribution >= 4 is 5.97 Å². The molecule has 0 aliphatic heterocycles. The number of nitrogens with two attached hydrogens (primary N) is 1. The molecule has 1 aromatic carbocycles. The Labute approximate surface area is 93.2 Å². The van der Waals surface area contributed by atoms with Gasteiger partial charge in [-0.25, -0.2) is 9.18 Å². The van der Waals surface area contributed by atoms with E-state index in [0.717, 1.165) is 0 Å². The van der Waals surface area contributed by atoms with Gasteiger partial charge in [0.05, 0.1) is 14.2 Å². The number of benzene rings is 1. The SMILES string of the molecule is COC(=O)C(N)(CF)c1cccc(OC)c1. The number of hydrogen-bond acceptors (Lipinski definition) is 4. The molecule has 0 saturated heterocycles. The maximum Gasteiger partial charge on any atom is 0.333 e. The van der Waals surface area contributed by atoms with Crippen molar-refractivity contribution in [3.8, 4) is 5.75 Å². The van der Waals surface area contributed by atoms with Crippen LogP contribution in [0.3, 0.4) is 0 Å². The van der Waals surface area contributed by atoms with E-state index in [1.54, 1.807) is 18.2 Å². The smallest absolute Gasteiger partial charge is 0.333 e. The first kappa shape index (κ1) is 12.4. The third kappa shape index (κ3) is 2.14. The van der Waals surface area contributed by atoms with Gasteiger partial charge in [-0.15, -0.1) is 0 Å². The van der Waals surface area contributed by atoms with Crippen LogP contribution < -0.4 is 10.5 Å². The van der Waals surface area contributed by atoms with E-state index in [1.807, 2.05) is 0 Å². The number of esters is 1. The molecule has 0 radical (unpaired) electrons. The summed E-state index contributed by atoms with van der Waals surface area (Å²) >= 11 is 0. The predicted octanol–water partition coefficient (Wildman–Crippen LogP) is 0.992. The van der Waals surface area contributed by atoms with E-state index < -0.39 is 18.2 Å². The maximum absolute atomic E-state index is 12.9. The van der Waals surface area contributed by atoms with Crippen LogP contribution in [0, 0.1) is 0 Å². The largest absolute Gasteiger partial charge is 0.497 e. The molecule has 0 bridgehead atoms. The molecular weight excluding hydrogens is 213 g/mol. The third-order valence-corrected chi connectivity index (χ3v) is 2.35. The van der Waals surface area contributed by atoms with Gasteiger partial charge >= 0.3 is 5.97 Å². The Balaban J connectivity index is 3.16.